The standard InChI is InChI=1S/C19H15I3N2O5/c1-9(25)23-17-14(20)13(15(21)18(16(17)22)24-10(2)26)19(28)29-8-12(27)11-6-4-3-5-7-11/h3-7H,8H2,1-2H3,(H,23,25)(H,24,26). The van der Waals surface area contributed by atoms with Gasteiger partial charge in [-0.1, -0.05) is 30.3 Å². The number of benzene rings is 2. The molecule has 7 nitrogen and oxygen atoms in total. The highest BCUT2D eigenvalue weighted by Crippen LogP contribution is 2.39. The van der Waals surface area contributed by atoms with Crippen LogP contribution in [0.5, 0.6) is 0 Å². The molecule has 0 heterocycles. The zero-order valence-electron chi connectivity index (χ0n) is 15.3. The molecule has 152 valence electrons. The Labute approximate surface area is 208 Å². The molecule has 2 N–H and O–H groups in total. The van der Waals surface area contributed by atoms with Gasteiger partial charge in [0.2, 0.25) is 11.8 Å². The summed E-state index contributed by atoms with van der Waals surface area (Å²) in [7, 11) is 0. The van der Waals surface area contributed by atoms with Crippen LogP contribution in [0.15, 0.2) is 30.3 Å². The van der Waals surface area contributed by atoms with Crippen LogP contribution in [0.1, 0.15) is 34.6 Å². The third kappa shape index (κ3) is 6.10. The van der Waals surface area contributed by atoms with Crippen LogP contribution in [0.25, 0.3) is 0 Å². The van der Waals surface area contributed by atoms with E-state index in [1.54, 1.807) is 30.3 Å². The average molecular weight is 732 g/mol. The van der Waals surface area contributed by atoms with Crippen LogP contribution in [0.3, 0.4) is 0 Å². The average Bonchev–Trinajstić information content (AvgIpc) is 2.67. The quantitative estimate of drug-likeness (QED) is 0.260. The van der Waals surface area contributed by atoms with Crippen molar-refractivity contribution in [2.75, 3.05) is 17.2 Å². The Hall–Kier alpha value is -1.29. The molecule has 2 aromatic carbocycles. The smallest absolute Gasteiger partial charge is 0.340 e. The highest BCUT2D eigenvalue weighted by molar-refractivity contribution is 14.1. The molecule has 0 aromatic heterocycles. The Balaban J connectivity index is 2.41. The SMILES string of the molecule is CC(=O)Nc1c(I)c(NC(C)=O)c(I)c(C(=O)OCC(=O)c2ccccc2)c1I. The maximum atomic E-state index is 12.8. The number of hydrogen-bond donors (Lipinski definition) is 2. The minimum atomic E-state index is -0.724. The van der Waals surface area contributed by atoms with E-state index in [1.165, 1.54) is 13.8 Å². The number of ketones is 1. The van der Waals surface area contributed by atoms with E-state index in [9.17, 15) is 19.2 Å². The van der Waals surface area contributed by atoms with Crippen molar-refractivity contribution in [3.63, 3.8) is 0 Å². The molecular weight excluding hydrogens is 717 g/mol. The molecule has 0 unspecified atom stereocenters. The second kappa shape index (κ2) is 10.7. The lowest BCUT2D eigenvalue weighted by atomic mass is 10.1. The van der Waals surface area contributed by atoms with Crippen molar-refractivity contribution in [1.82, 2.24) is 0 Å². The molecular formula is C19H15I3N2O5. The van der Waals surface area contributed by atoms with Crippen LogP contribution >= 0.6 is 67.8 Å². The second-order valence-electron chi connectivity index (χ2n) is 5.79. The van der Waals surface area contributed by atoms with Gasteiger partial charge in [0, 0.05) is 19.4 Å². The van der Waals surface area contributed by atoms with Gasteiger partial charge in [0.15, 0.2) is 12.4 Å². The fourth-order valence-electron chi connectivity index (χ4n) is 2.33. The summed E-state index contributed by atoms with van der Waals surface area (Å²) < 4.78 is 6.73. The largest absolute Gasteiger partial charge is 0.454 e. The van der Waals surface area contributed by atoms with Gasteiger partial charge in [-0.15, -0.1) is 0 Å². The predicted octanol–water partition coefficient (Wildman–Crippen LogP) is 4.46. The summed E-state index contributed by atoms with van der Waals surface area (Å²) >= 11 is 5.87. The molecule has 0 atom stereocenters. The number of Topliss-reactive ketones (excluding diaryl/α,β-unsaturated/α-hetero) is 1. The van der Waals surface area contributed by atoms with E-state index in [1.807, 2.05) is 67.8 Å². The number of carbonyl (C=O) groups excluding carboxylic acids is 4. The van der Waals surface area contributed by atoms with Gasteiger partial charge in [-0.2, -0.15) is 0 Å². The highest BCUT2D eigenvalue weighted by atomic mass is 127. The summed E-state index contributed by atoms with van der Waals surface area (Å²) in [6, 6.07) is 8.50. The summed E-state index contributed by atoms with van der Waals surface area (Å²) in [5.41, 5.74) is 1.39. The maximum Gasteiger partial charge on any atom is 0.340 e. The van der Waals surface area contributed by atoms with Crippen LogP contribution in [0.4, 0.5) is 11.4 Å². The first-order valence-corrected chi connectivity index (χ1v) is 11.4. The van der Waals surface area contributed by atoms with Crippen LogP contribution in [0, 0.1) is 10.7 Å². The number of esters is 1. The molecule has 2 rings (SSSR count). The third-order valence-electron chi connectivity index (χ3n) is 3.55. The first kappa shape index (κ1) is 24.0. The summed E-state index contributed by atoms with van der Waals surface area (Å²) in [6.45, 7) is 2.27. The molecule has 2 amide bonds. The minimum Gasteiger partial charge on any atom is -0.454 e. The van der Waals surface area contributed by atoms with E-state index in [2.05, 4.69) is 10.6 Å². The van der Waals surface area contributed by atoms with Gasteiger partial charge >= 0.3 is 5.97 Å². The first-order chi connectivity index (χ1) is 13.6. The number of ether oxygens (including phenoxy) is 1. The molecule has 29 heavy (non-hydrogen) atoms. The number of anilines is 2. The number of amides is 2. The van der Waals surface area contributed by atoms with Crippen LogP contribution < -0.4 is 10.6 Å². The molecule has 10 heteroatoms. The first-order valence-electron chi connectivity index (χ1n) is 8.14. The van der Waals surface area contributed by atoms with E-state index in [0.29, 0.717) is 27.6 Å². The number of nitrogens with one attached hydrogen (secondary N) is 2. The lowest BCUT2D eigenvalue weighted by Gasteiger charge is -2.19. The normalized spacial score (nSPS) is 10.2. The zero-order chi connectivity index (χ0) is 21.7. The van der Waals surface area contributed by atoms with Crippen LogP contribution in [-0.4, -0.2) is 30.2 Å². The Morgan fingerprint density at radius 3 is 1.76 bits per heavy atom. The Morgan fingerprint density at radius 2 is 1.31 bits per heavy atom. The summed E-state index contributed by atoms with van der Waals surface area (Å²) in [6.07, 6.45) is 0. The number of halogens is 3. The predicted molar refractivity (Wildman–Crippen MR) is 134 cm³/mol. The topological polar surface area (TPSA) is 102 Å². The Bertz CT molecular complexity index is 950. The lowest BCUT2D eigenvalue weighted by Crippen LogP contribution is -2.20. The van der Waals surface area contributed by atoms with Crippen LogP contribution in [-0.2, 0) is 14.3 Å². The molecule has 0 aliphatic heterocycles. The molecule has 2 aromatic rings. The van der Waals surface area contributed by atoms with E-state index < -0.39 is 12.6 Å². The monoisotopic (exact) mass is 732 g/mol. The summed E-state index contributed by atoms with van der Waals surface area (Å²) in [4.78, 5) is 48.3. The molecule has 0 fully saturated rings. The van der Waals surface area contributed by atoms with Crippen molar-refractivity contribution in [3.05, 3.63) is 52.2 Å². The number of carbonyl (C=O) groups is 4. The lowest BCUT2D eigenvalue weighted by molar-refractivity contribution is -0.115. The van der Waals surface area contributed by atoms with Gasteiger partial charge in [-0.3, -0.25) is 14.4 Å². The van der Waals surface area contributed by atoms with Gasteiger partial charge in [0.1, 0.15) is 0 Å². The molecule has 0 bridgehead atoms. The van der Waals surface area contributed by atoms with Crippen molar-refractivity contribution in [3.8, 4) is 0 Å². The Kier molecular flexibility index (Phi) is 8.81. The van der Waals surface area contributed by atoms with Crippen molar-refractivity contribution in [1.29, 1.82) is 0 Å². The van der Waals surface area contributed by atoms with Gasteiger partial charge in [-0.05, 0) is 67.8 Å². The molecule has 0 spiro atoms. The molecule has 0 saturated carbocycles. The molecule has 0 aliphatic carbocycles. The van der Waals surface area contributed by atoms with Gasteiger partial charge in [0.25, 0.3) is 0 Å². The fourth-order valence-corrected chi connectivity index (χ4v) is 6.47. The minimum absolute atomic E-state index is 0.167. The fraction of sp³-hybridized carbons (Fsp3) is 0.158. The van der Waals surface area contributed by atoms with Gasteiger partial charge in [-0.25, -0.2) is 4.79 Å². The van der Waals surface area contributed by atoms with E-state index in [0.717, 1.165) is 0 Å². The highest BCUT2D eigenvalue weighted by Gasteiger charge is 2.27. The van der Waals surface area contributed by atoms with Gasteiger partial charge < -0.3 is 15.4 Å². The van der Waals surface area contributed by atoms with Crippen molar-refractivity contribution < 1.29 is 23.9 Å². The molecule has 0 aliphatic rings. The van der Waals surface area contributed by atoms with Gasteiger partial charge in [0.05, 0.1) is 27.6 Å². The van der Waals surface area contributed by atoms with Crippen molar-refractivity contribution in [2.45, 2.75) is 13.8 Å². The van der Waals surface area contributed by atoms with Crippen LogP contribution in [0.2, 0.25) is 0 Å². The molecule has 0 radical (unpaired) electrons. The summed E-state index contributed by atoms with van der Waals surface area (Å²) in [5, 5.41) is 5.37. The van der Waals surface area contributed by atoms with Crippen molar-refractivity contribution in [2.24, 2.45) is 0 Å². The Morgan fingerprint density at radius 1 is 0.828 bits per heavy atom. The number of rotatable bonds is 6. The molecule has 0 saturated heterocycles. The van der Waals surface area contributed by atoms with E-state index in [4.69, 9.17) is 4.74 Å². The van der Waals surface area contributed by atoms with Crippen molar-refractivity contribution >= 4 is 103 Å². The number of hydrogen-bond acceptors (Lipinski definition) is 5. The van der Waals surface area contributed by atoms with E-state index in [-0.39, 0.29) is 23.2 Å². The summed E-state index contributed by atoms with van der Waals surface area (Å²) in [5.74, 6) is -1.71. The zero-order valence-corrected chi connectivity index (χ0v) is 21.7. The van der Waals surface area contributed by atoms with E-state index >= 15 is 0 Å². The maximum absolute atomic E-state index is 12.8. The second-order valence-corrected chi connectivity index (χ2v) is 9.03. The third-order valence-corrected chi connectivity index (χ3v) is 6.79.